The Balaban J connectivity index is 1.02. The number of ether oxygens (including phenoxy) is 1. The van der Waals surface area contributed by atoms with Crippen molar-refractivity contribution in [2.75, 3.05) is 18.6 Å². The number of rotatable bonds is 11. The van der Waals surface area contributed by atoms with E-state index >= 15 is 0 Å². The maximum Gasteiger partial charge on any atom is 0.328 e. The van der Waals surface area contributed by atoms with Gasteiger partial charge in [0.15, 0.2) is 5.82 Å². The molecule has 0 bridgehead atoms. The summed E-state index contributed by atoms with van der Waals surface area (Å²) in [5.74, 6) is 0.420. The Bertz CT molecular complexity index is 2510. The molecule has 1 aliphatic heterocycles. The Hall–Kier alpha value is -6.97. The minimum absolute atomic E-state index is 0.0828. The van der Waals surface area contributed by atoms with Crippen LogP contribution in [0.25, 0.3) is 33.4 Å². The second-order valence-electron chi connectivity index (χ2n) is 14.3. The number of carbonyl (C=O) groups excluding carboxylic acids is 1. The molecule has 0 saturated carbocycles. The molecule has 0 amide bonds. The Labute approximate surface area is 331 Å². The number of carbonyl (C=O) groups is 1. The van der Waals surface area contributed by atoms with Crippen LogP contribution in [0, 0.1) is 0 Å². The fourth-order valence-corrected chi connectivity index (χ4v) is 8.42. The highest BCUT2D eigenvalue weighted by atomic mass is 16.5. The first-order valence-electron chi connectivity index (χ1n) is 19.2. The largest absolute Gasteiger partial charge is 0.467 e. The first-order chi connectivity index (χ1) is 28.1. The van der Waals surface area contributed by atoms with Crippen molar-refractivity contribution in [2.45, 2.75) is 30.6 Å². The molecule has 9 heteroatoms. The van der Waals surface area contributed by atoms with Gasteiger partial charge in [-0.1, -0.05) is 158 Å². The molecule has 0 radical (unpaired) electrons. The molecule has 280 valence electrons. The summed E-state index contributed by atoms with van der Waals surface area (Å²) in [7, 11) is 1.46. The number of hydrogen-bond donors (Lipinski definition) is 1. The number of nitrogens with one attached hydrogen (secondary N) is 1. The van der Waals surface area contributed by atoms with E-state index in [1.807, 2.05) is 53.2 Å². The fraction of sp³-hybridized carbons (Fsp3) is 0.146. The number of anilines is 1. The molecule has 6 aromatic carbocycles. The first-order valence-corrected chi connectivity index (χ1v) is 19.2. The van der Waals surface area contributed by atoms with E-state index in [0.717, 1.165) is 55.5 Å². The van der Waals surface area contributed by atoms with Gasteiger partial charge in [0.2, 0.25) is 0 Å². The minimum atomic E-state index is -0.863. The predicted octanol–water partition coefficient (Wildman–Crippen LogP) is 8.31. The number of hydrogen-bond acceptors (Lipinski definition) is 8. The molecule has 0 unspecified atom stereocenters. The quantitative estimate of drug-likeness (QED) is 0.104. The van der Waals surface area contributed by atoms with Crippen molar-refractivity contribution in [3.8, 4) is 22.5 Å². The number of para-hydroxylation sites is 1. The van der Waals surface area contributed by atoms with Crippen LogP contribution in [0.4, 0.5) is 5.69 Å². The normalized spacial score (nSPS) is 15.5. The molecule has 1 aliphatic rings. The van der Waals surface area contributed by atoms with Gasteiger partial charge in [0, 0.05) is 42.0 Å². The average molecular weight is 748 g/mol. The summed E-state index contributed by atoms with van der Waals surface area (Å²) < 4.78 is 7.23. The number of aromatic nitrogens is 5. The Morgan fingerprint density at radius 3 is 1.96 bits per heavy atom. The van der Waals surface area contributed by atoms with Gasteiger partial charge in [-0.25, -0.2) is 9.48 Å². The van der Waals surface area contributed by atoms with Crippen molar-refractivity contribution >= 4 is 22.6 Å². The van der Waals surface area contributed by atoms with Gasteiger partial charge in [-0.05, 0) is 62.4 Å². The van der Waals surface area contributed by atoms with Gasteiger partial charge in [0.25, 0.3) is 0 Å². The van der Waals surface area contributed by atoms with Gasteiger partial charge < -0.3 is 15.0 Å². The van der Waals surface area contributed by atoms with E-state index in [4.69, 9.17) is 15.0 Å². The SMILES string of the molecule is COC(=O)[C@@H]1C[C@H](NCc2ccc(-c3ccccc3-c3nnnn3C(c3ccccc3)(c3ccccc3)c3ccccc3)cc2)CN1c1ccnc2ccccc12. The van der Waals surface area contributed by atoms with Gasteiger partial charge in [0.1, 0.15) is 11.6 Å². The van der Waals surface area contributed by atoms with Crippen LogP contribution in [-0.4, -0.2) is 56.9 Å². The molecule has 2 aromatic heterocycles. The Kier molecular flexibility index (Phi) is 9.80. The molecule has 57 heavy (non-hydrogen) atoms. The smallest absolute Gasteiger partial charge is 0.328 e. The van der Waals surface area contributed by atoms with Crippen molar-refractivity contribution in [3.05, 3.63) is 198 Å². The summed E-state index contributed by atoms with van der Waals surface area (Å²) in [6, 6.07) is 58.0. The third-order valence-electron chi connectivity index (χ3n) is 11.1. The van der Waals surface area contributed by atoms with Crippen molar-refractivity contribution < 1.29 is 9.53 Å². The predicted molar refractivity (Wildman–Crippen MR) is 223 cm³/mol. The Morgan fingerprint density at radius 1 is 0.719 bits per heavy atom. The lowest BCUT2D eigenvalue weighted by Crippen LogP contribution is -2.39. The number of methoxy groups -OCH3 is 1. The van der Waals surface area contributed by atoms with Crippen LogP contribution in [0.15, 0.2) is 176 Å². The van der Waals surface area contributed by atoms with Crippen LogP contribution >= 0.6 is 0 Å². The highest BCUT2D eigenvalue weighted by molar-refractivity contribution is 5.94. The van der Waals surface area contributed by atoms with E-state index in [2.05, 4.69) is 142 Å². The van der Waals surface area contributed by atoms with E-state index in [9.17, 15) is 4.79 Å². The number of tetrazole rings is 1. The van der Waals surface area contributed by atoms with Crippen LogP contribution < -0.4 is 10.2 Å². The molecular formula is C48H41N7O2. The van der Waals surface area contributed by atoms with Gasteiger partial charge in [-0.3, -0.25) is 4.98 Å². The van der Waals surface area contributed by atoms with Crippen LogP contribution in [0.3, 0.4) is 0 Å². The minimum Gasteiger partial charge on any atom is -0.467 e. The molecule has 1 N–H and O–H groups in total. The summed E-state index contributed by atoms with van der Waals surface area (Å²) in [5, 5.41) is 18.6. The third kappa shape index (κ3) is 6.62. The Morgan fingerprint density at radius 2 is 1.32 bits per heavy atom. The first kappa shape index (κ1) is 35.7. The zero-order valence-electron chi connectivity index (χ0n) is 31.5. The second kappa shape index (κ2) is 15.6. The lowest BCUT2D eigenvalue weighted by molar-refractivity contribution is -0.142. The van der Waals surface area contributed by atoms with Crippen LogP contribution in [0.1, 0.15) is 28.7 Å². The average Bonchev–Trinajstić information content (AvgIpc) is 3.95. The molecule has 0 spiro atoms. The van der Waals surface area contributed by atoms with E-state index in [1.165, 1.54) is 7.11 Å². The lowest BCUT2D eigenvalue weighted by Gasteiger charge is -2.36. The van der Waals surface area contributed by atoms with Gasteiger partial charge in [0.05, 0.1) is 12.6 Å². The zero-order valence-corrected chi connectivity index (χ0v) is 31.5. The maximum absolute atomic E-state index is 13.0. The summed E-state index contributed by atoms with van der Waals surface area (Å²) in [6.07, 6.45) is 2.44. The zero-order chi connectivity index (χ0) is 38.6. The van der Waals surface area contributed by atoms with Crippen molar-refractivity contribution in [1.82, 2.24) is 30.5 Å². The van der Waals surface area contributed by atoms with Crippen molar-refractivity contribution in [2.24, 2.45) is 0 Å². The number of benzene rings is 6. The van der Waals surface area contributed by atoms with Crippen molar-refractivity contribution in [1.29, 1.82) is 0 Å². The topological polar surface area (TPSA) is 98.1 Å². The summed E-state index contributed by atoms with van der Waals surface area (Å²) in [6.45, 7) is 1.32. The number of pyridine rings is 1. The van der Waals surface area contributed by atoms with Gasteiger partial charge in [-0.15, -0.1) is 5.10 Å². The molecule has 2 atom stereocenters. The van der Waals surface area contributed by atoms with Crippen molar-refractivity contribution in [3.63, 3.8) is 0 Å². The summed E-state index contributed by atoms with van der Waals surface area (Å²) in [4.78, 5) is 19.7. The molecule has 9 rings (SSSR count). The molecule has 9 nitrogen and oxygen atoms in total. The second-order valence-corrected chi connectivity index (χ2v) is 14.3. The van der Waals surface area contributed by atoms with Crippen LogP contribution in [0.5, 0.6) is 0 Å². The number of fused-ring (bicyclic) bond motifs is 1. The molecule has 8 aromatic rings. The monoisotopic (exact) mass is 747 g/mol. The third-order valence-corrected chi connectivity index (χ3v) is 11.1. The number of nitrogens with zero attached hydrogens (tertiary/aromatic N) is 6. The molecule has 1 fully saturated rings. The van der Waals surface area contributed by atoms with E-state index < -0.39 is 11.6 Å². The van der Waals surface area contributed by atoms with Gasteiger partial charge >= 0.3 is 5.97 Å². The number of esters is 1. The lowest BCUT2D eigenvalue weighted by atomic mass is 9.77. The van der Waals surface area contributed by atoms with E-state index in [1.54, 1.807) is 6.20 Å². The summed E-state index contributed by atoms with van der Waals surface area (Å²) >= 11 is 0. The van der Waals surface area contributed by atoms with Gasteiger partial charge in [-0.2, -0.15) is 0 Å². The fourth-order valence-electron chi connectivity index (χ4n) is 8.42. The highest BCUT2D eigenvalue weighted by Crippen LogP contribution is 2.43. The maximum atomic E-state index is 13.0. The van der Waals surface area contributed by atoms with Crippen LogP contribution in [-0.2, 0) is 21.6 Å². The van der Waals surface area contributed by atoms with E-state index in [-0.39, 0.29) is 12.0 Å². The van der Waals surface area contributed by atoms with E-state index in [0.29, 0.717) is 25.3 Å². The molecule has 0 aliphatic carbocycles. The standard InChI is InChI=1S/C48H41N7O2/c1-57-47(56)45-31-39(33-54(45)44-29-30-49-43-24-14-13-23-42(43)44)50-32-34-25-27-35(28-26-34)40-21-11-12-22-41(40)46-51-52-53-55(46)48(36-15-5-2-6-16-36,37-17-7-3-8-18-37)38-19-9-4-10-20-38/h2-30,39,45,50H,31-33H2,1H3/t39-,45-/m0/s1. The molecule has 1 saturated heterocycles. The molecular weight excluding hydrogens is 707 g/mol. The molecule has 3 heterocycles. The summed E-state index contributed by atoms with van der Waals surface area (Å²) in [5.41, 5.74) is 8.29. The van der Waals surface area contributed by atoms with Crippen LogP contribution in [0.2, 0.25) is 0 Å². The highest BCUT2D eigenvalue weighted by Gasteiger charge is 2.42.